The molecule has 1 unspecified atom stereocenters. The number of nitrogens with one attached hydrogen (secondary N) is 1. The van der Waals surface area contributed by atoms with E-state index in [9.17, 15) is 14.4 Å². The Kier molecular flexibility index (Phi) is 4.19. The Labute approximate surface area is 147 Å². The largest absolute Gasteiger partial charge is 0.353 e. The summed E-state index contributed by atoms with van der Waals surface area (Å²) in [5.41, 5.74) is 2.23. The lowest BCUT2D eigenvalue weighted by atomic mass is 9.95. The molecule has 0 spiro atoms. The zero-order valence-electron chi connectivity index (χ0n) is 14.2. The normalized spacial score (nSPS) is 23.0. The molecule has 2 heterocycles. The van der Waals surface area contributed by atoms with E-state index in [0.29, 0.717) is 13.0 Å². The predicted molar refractivity (Wildman–Crippen MR) is 91.6 cm³/mol. The minimum Gasteiger partial charge on any atom is -0.353 e. The highest BCUT2D eigenvalue weighted by molar-refractivity contribution is 6.04. The summed E-state index contributed by atoms with van der Waals surface area (Å²) < 4.78 is 0. The maximum Gasteiger partial charge on any atom is 0.327 e. The van der Waals surface area contributed by atoms with Crippen molar-refractivity contribution in [3.05, 3.63) is 35.4 Å². The number of hydrogen-bond acceptors (Lipinski definition) is 3. The topological polar surface area (TPSA) is 69.7 Å². The highest BCUT2D eigenvalue weighted by Crippen LogP contribution is 2.30. The molecule has 6 nitrogen and oxygen atoms in total. The van der Waals surface area contributed by atoms with Gasteiger partial charge < -0.3 is 10.2 Å². The third kappa shape index (κ3) is 3.01. The third-order valence-corrected chi connectivity index (χ3v) is 5.56. The van der Waals surface area contributed by atoms with Crippen LogP contribution in [-0.2, 0) is 22.6 Å². The van der Waals surface area contributed by atoms with Crippen LogP contribution in [0.25, 0.3) is 0 Å². The van der Waals surface area contributed by atoms with Gasteiger partial charge in [-0.1, -0.05) is 37.1 Å². The van der Waals surface area contributed by atoms with Crippen molar-refractivity contribution < 1.29 is 14.4 Å². The Morgan fingerprint density at radius 2 is 1.84 bits per heavy atom. The molecule has 132 valence electrons. The van der Waals surface area contributed by atoms with Crippen molar-refractivity contribution in [1.82, 2.24) is 15.1 Å². The molecule has 0 radical (unpaired) electrons. The minimum atomic E-state index is -0.416. The van der Waals surface area contributed by atoms with Gasteiger partial charge in [0.1, 0.15) is 6.04 Å². The molecule has 2 fully saturated rings. The summed E-state index contributed by atoms with van der Waals surface area (Å²) in [6, 6.07) is 7.51. The molecule has 1 aliphatic carbocycles. The lowest BCUT2D eigenvalue weighted by Gasteiger charge is -2.28. The summed E-state index contributed by atoms with van der Waals surface area (Å²) in [4.78, 5) is 40.2. The summed E-state index contributed by atoms with van der Waals surface area (Å²) in [6.07, 6.45) is 5.12. The first-order chi connectivity index (χ1) is 12.1. The van der Waals surface area contributed by atoms with Crippen molar-refractivity contribution in [3.63, 3.8) is 0 Å². The first-order valence-electron chi connectivity index (χ1n) is 9.11. The number of fused-ring (bicyclic) bond motifs is 2. The number of imide groups is 1. The van der Waals surface area contributed by atoms with Crippen LogP contribution in [0.3, 0.4) is 0 Å². The Bertz CT molecular complexity index is 669. The van der Waals surface area contributed by atoms with Gasteiger partial charge in [-0.25, -0.2) is 4.79 Å². The van der Waals surface area contributed by atoms with E-state index in [1.807, 2.05) is 24.3 Å². The van der Waals surface area contributed by atoms with Crippen molar-refractivity contribution in [2.75, 3.05) is 6.54 Å². The van der Waals surface area contributed by atoms with Gasteiger partial charge in [-0.05, 0) is 24.0 Å². The number of nitrogens with zero attached hydrogens (tertiary/aromatic N) is 2. The van der Waals surface area contributed by atoms with E-state index in [2.05, 4.69) is 5.32 Å². The summed E-state index contributed by atoms with van der Waals surface area (Å²) in [5, 5.41) is 3.01. The Hall–Kier alpha value is -2.37. The quantitative estimate of drug-likeness (QED) is 0.850. The molecule has 4 rings (SSSR count). The van der Waals surface area contributed by atoms with Gasteiger partial charge in [0, 0.05) is 32.0 Å². The standard InChI is InChI=1S/C19H23N3O3/c23-17(20-15-7-3-4-8-15)9-10-21-18(24)16-11-13-5-1-2-6-14(13)12-22(16)19(21)25/h1-2,5-6,15-16H,3-4,7-12H2,(H,20,23). The lowest BCUT2D eigenvalue weighted by Crippen LogP contribution is -2.40. The third-order valence-electron chi connectivity index (χ3n) is 5.56. The number of hydrogen-bond donors (Lipinski definition) is 1. The monoisotopic (exact) mass is 341 g/mol. The van der Waals surface area contributed by atoms with Crippen LogP contribution in [-0.4, -0.2) is 46.3 Å². The van der Waals surface area contributed by atoms with Crippen molar-refractivity contribution in [1.29, 1.82) is 0 Å². The van der Waals surface area contributed by atoms with Crippen molar-refractivity contribution in [3.8, 4) is 0 Å². The van der Waals surface area contributed by atoms with Crippen LogP contribution in [0.1, 0.15) is 43.2 Å². The van der Waals surface area contributed by atoms with Crippen LogP contribution in [0.2, 0.25) is 0 Å². The lowest BCUT2D eigenvalue weighted by molar-refractivity contribution is -0.129. The molecule has 1 aromatic rings. The minimum absolute atomic E-state index is 0.0688. The van der Waals surface area contributed by atoms with Crippen LogP contribution in [0, 0.1) is 0 Å². The molecule has 0 bridgehead atoms. The number of carbonyl (C=O) groups excluding carboxylic acids is 3. The van der Waals surface area contributed by atoms with Crippen LogP contribution in [0.4, 0.5) is 4.79 Å². The second-order valence-corrected chi connectivity index (χ2v) is 7.19. The Morgan fingerprint density at radius 3 is 2.60 bits per heavy atom. The maximum absolute atomic E-state index is 12.6. The summed E-state index contributed by atoms with van der Waals surface area (Å²) in [5.74, 6) is -0.242. The molecule has 1 aromatic carbocycles. The average molecular weight is 341 g/mol. The molecular weight excluding hydrogens is 318 g/mol. The van der Waals surface area contributed by atoms with Crippen LogP contribution < -0.4 is 5.32 Å². The molecule has 3 aliphatic rings. The van der Waals surface area contributed by atoms with E-state index in [0.717, 1.165) is 36.8 Å². The van der Waals surface area contributed by atoms with Gasteiger partial charge in [0.25, 0.3) is 5.91 Å². The van der Waals surface area contributed by atoms with Crippen LogP contribution in [0.15, 0.2) is 24.3 Å². The number of amides is 4. The van der Waals surface area contributed by atoms with Crippen molar-refractivity contribution >= 4 is 17.8 Å². The zero-order valence-corrected chi connectivity index (χ0v) is 14.2. The number of rotatable bonds is 4. The summed E-state index contributed by atoms with van der Waals surface area (Å²) >= 11 is 0. The Balaban J connectivity index is 1.38. The second-order valence-electron chi connectivity index (χ2n) is 7.19. The molecule has 25 heavy (non-hydrogen) atoms. The molecule has 1 atom stereocenters. The van der Waals surface area contributed by atoms with Gasteiger partial charge in [-0.3, -0.25) is 14.5 Å². The van der Waals surface area contributed by atoms with E-state index < -0.39 is 6.04 Å². The highest BCUT2D eigenvalue weighted by atomic mass is 16.2. The molecule has 1 saturated carbocycles. The molecular formula is C19H23N3O3. The van der Waals surface area contributed by atoms with E-state index >= 15 is 0 Å². The molecule has 2 aliphatic heterocycles. The zero-order chi connectivity index (χ0) is 17.4. The maximum atomic E-state index is 12.6. The fourth-order valence-electron chi connectivity index (χ4n) is 4.16. The van der Waals surface area contributed by atoms with Gasteiger partial charge in [-0.15, -0.1) is 0 Å². The SMILES string of the molecule is O=C(CCN1C(=O)C2Cc3ccccc3CN2C1=O)NC1CCCC1. The van der Waals surface area contributed by atoms with E-state index in [-0.39, 0.29) is 36.9 Å². The molecule has 6 heteroatoms. The summed E-state index contributed by atoms with van der Waals surface area (Å²) in [7, 11) is 0. The van der Waals surface area contributed by atoms with E-state index in [1.165, 1.54) is 4.90 Å². The smallest absolute Gasteiger partial charge is 0.327 e. The van der Waals surface area contributed by atoms with Gasteiger partial charge in [-0.2, -0.15) is 0 Å². The first-order valence-corrected chi connectivity index (χ1v) is 9.11. The molecule has 1 N–H and O–H groups in total. The predicted octanol–water partition coefficient (Wildman–Crippen LogP) is 1.82. The Morgan fingerprint density at radius 1 is 1.12 bits per heavy atom. The van der Waals surface area contributed by atoms with Gasteiger partial charge >= 0.3 is 6.03 Å². The fourth-order valence-corrected chi connectivity index (χ4v) is 4.16. The number of benzene rings is 1. The molecule has 0 aromatic heterocycles. The molecule has 1 saturated heterocycles. The van der Waals surface area contributed by atoms with Crippen molar-refractivity contribution in [2.24, 2.45) is 0 Å². The van der Waals surface area contributed by atoms with Gasteiger partial charge in [0.15, 0.2) is 0 Å². The highest BCUT2D eigenvalue weighted by Gasteiger charge is 2.46. The van der Waals surface area contributed by atoms with E-state index in [4.69, 9.17) is 0 Å². The van der Waals surface area contributed by atoms with Gasteiger partial charge in [0.2, 0.25) is 5.91 Å². The second kappa shape index (κ2) is 6.50. The number of urea groups is 1. The molecule has 4 amide bonds. The van der Waals surface area contributed by atoms with Crippen molar-refractivity contribution in [2.45, 2.75) is 57.2 Å². The fraction of sp³-hybridized carbons (Fsp3) is 0.526. The van der Waals surface area contributed by atoms with Crippen LogP contribution in [0.5, 0.6) is 0 Å². The first kappa shape index (κ1) is 16.1. The average Bonchev–Trinajstić information content (AvgIpc) is 3.20. The van der Waals surface area contributed by atoms with E-state index in [1.54, 1.807) is 4.90 Å². The van der Waals surface area contributed by atoms with Gasteiger partial charge in [0.05, 0.1) is 0 Å². The van der Waals surface area contributed by atoms with Crippen LogP contribution >= 0.6 is 0 Å². The summed E-state index contributed by atoms with van der Waals surface area (Å²) in [6.45, 7) is 0.635. The number of carbonyl (C=O) groups is 3.